The van der Waals surface area contributed by atoms with Crippen molar-refractivity contribution in [2.75, 3.05) is 10.6 Å². The second-order valence-corrected chi connectivity index (χ2v) is 7.84. The third-order valence-electron chi connectivity index (χ3n) is 4.24. The van der Waals surface area contributed by atoms with Gasteiger partial charge in [0, 0.05) is 33.6 Å². The van der Waals surface area contributed by atoms with Gasteiger partial charge < -0.3 is 10.6 Å². The van der Waals surface area contributed by atoms with Crippen LogP contribution in [0.5, 0.6) is 0 Å². The molecular weight excluding hydrogens is 420 g/mol. The largest absolute Gasteiger partial charge is 0.323 e. The molecule has 2 heterocycles. The lowest BCUT2D eigenvalue weighted by Gasteiger charge is -2.12. The molecule has 2 amide bonds. The van der Waals surface area contributed by atoms with E-state index in [0.717, 1.165) is 4.90 Å². The number of hydrogen-bond acceptors (Lipinski definition) is 4. The van der Waals surface area contributed by atoms with Crippen LogP contribution >= 0.6 is 23.4 Å². The molecule has 0 aliphatic rings. The monoisotopic (exact) mass is 436 g/mol. The number of anilines is 2. The highest BCUT2D eigenvalue weighted by molar-refractivity contribution is 7.98. The number of rotatable bonds is 5. The average Bonchev–Trinajstić information content (AvgIpc) is 2.75. The summed E-state index contributed by atoms with van der Waals surface area (Å²) in [7, 11) is 0. The molecule has 8 heteroatoms. The van der Waals surface area contributed by atoms with Crippen molar-refractivity contribution in [2.45, 2.75) is 10.6 Å². The lowest BCUT2D eigenvalue weighted by molar-refractivity contribution is 0.262. The van der Waals surface area contributed by atoms with Crippen molar-refractivity contribution >= 4 is 46.4 Å². The second-order valence-electron chi connectivity index (χ2n) is 6.39. The number of pyridine rings is 1. The summed E-state index contributed by atoms with van der Waals surface area (Å²) in [5, 5.41) is 6.23. The Hall–Kier alpha value is -3.29. The molecule has 150 valence electrons. The average molecular weight is 437 g/mol. The fourth-order valence-corrected chi connectivity index (χ4v) is 3.87. The van der Waals surface area contributed by atoms with Crippen LogP contribution in [0.25, 0.3) is 5.65 Å². The number of para-hydroxylation sites is 1. The molecule has 0 unspecified atom stereocenters. The molecule has 4 rings (SSSR count). The van der Waals surface area contributed by atoms with E-state index in [1.165, 1.54) is 22.2 Å². The van der Waals surface area contributed by atoms with Gasteiger partial charge >= 0.3 is 6.03 Å². The van der Waals surface area contributed by atoms with Crippen molar-refractivity contribution in [1.29, 1.82) is 0 Å². The number of urea groups is 1. The van der Waals surface area contributed by atoms with Crippen LogP contribution in [-0.2, 0) is 5.75 Å². The van der Waals surface area contributed by atoms with Gasteiger partial charge in [0.1, 0.15) is 5.65 Å². The molecule has 0 spiro atoms. The maximum absolute atomic E-state index is 12.4. The number of aromatic nitrogens is 2. The van der Waals surface area contributed by atoms with E-state index in [9.17, 15) is 9.59 Å². The number of nitrogens with zero attached hydrogens (tertiary/aromatic N) is 2. The van der Waals surface area contributed by atoms with Gasteiger partial charge in [-0.2, -0.15) is 0 Å². The van der Waals surface area contributed by atoms with Crippen molar-refractivity contribution in [1.82, 2.24) is 9.38 Å². The van der Waals surface area contributed by atoms with Crippen molar-refractivity contribution in [3.63, 3.8) is 0 Å². The maximum atomic E-state index is 12.4. The second kappa shape index (κ2) is 9.02. The lowest BCUT2D eigenvalue weighted by Crippen LogP contribution is -2.19. The molecule has 2 aromatic carbocycles. The van der Waals surface area contributed by atoms with Crippen LogP contribution in [0.15, 0.2) is 88.7 Å². The number of carbonyl (C=O) groups is 1. The number of nitrogens with one attached hydrogen (secondary N) is 2. The summed E-state index contributed by atoms with van der Waals surface area (Å²) in [5.74, 6) is 0.498. The number of fused-ring (bicyclic) bond motifs is 1. The van der Waals surface area contributed by atoms with Crippen molar-refractivity contribution in [3.05, 3.63) is 100 Å². The van der Waals surface area contributed by atoms with Crippen molar-refractivity contribution in [3.8, 4) is 0 Å². The first kappa shape index (κ1) is 20.0. The van der Waals surface area contributed by atoms with Gasteiger partial charge in [-0.1, -0.05) is 29.8 Å². The van der Waals surface area contributed by atoms with Crippen molar-refractivity contribution in [2.24, 2.45) is 0 Å². The summed E-state index contributed by atoms with van der Waals surface area (Å²) in [6, 6.07) is 21.0. The van der Waals surface area contributed by atoms with Crippen LogP contribution < -0.4 is 16.2 Å². The number of halogens is 1. The highest BCUT2D eigenvalue weighted by atomic mass is 35.5. The number of thioether (sulfide) groups is 1. The van der Waals surface area contributed by atoms with Crippen LogP contribution in [0.1, 0.15) is 5.69 Å². The van der Waals surface area contributed by atoms with E-state index in [2.05, 4.69) is 15.6 Å². The fourth-order valence-electron chi connectivity index (χ4n) is 2.84. The van der Waals surface area contributed by atoms with E-state index in [4.69, 9.17) is 11.6 Å². The molecule has 4 aromatic rings. The predicted octanol–water partition coefficient (Wildman–Crippen LogP) is 5.28. The van der Waals surface area contributed by atoms with E-state index < -0.39 is 0 Å². The first-order valence-corrected chi connectivity index (χ1v) is 10.5. The summed E-state index contributed by atoms with van der Waals surface area (Å²) >= 11 is 7.37. The molecule has 0 radical (unpaired) electrons. The van der Waals surface area contributed by atoms with Gasteiger partial charge in [-0.25, -0.2) is 9.78 Å². The lowest BCUT2D eigenvalue weighted by atomic mass is 10.3. The smallest absolute Gasteiger partial charge is 0.308 e. The highest BCUT2D eigenvalue weighted by Crippen LogP contribution is 2.29. The van der Waals surface area contributed by atoms with E-state index in [1.807, 2.05) is 30.3 Å². The summed E-state index contributed by atoms with van der Waals surface area (Å²) in [6.07, 6.45) is 1.69. The molecule has 0 aliphatic carbocycles. The van der Waals surface area contributed by atoms with Crippen LogP contribution in [0.2, 0.25) is 5.02 Å². The van der Waals surface area contributed by atoms with Gasteiger partial charge in [-0.15, -0.1) is 11.8 Å². The molecule has 0 bridgehead atoms. The minimum absolute atomic E-state index is 0.120. The molecule has 2 N–H and O–H groups in total. The Morgan fingerprint density at radius 3 is 2.60 bits per heavy atom. The summed E-state index contributed by atoms with van der Waals surface area (Å²) in [5.41, 5.74) is 2.48. The summed E-state index contributed by atoms with van der Waals surface area (Å²) in [6.45, 7) is 0. The minimum atomic E-state index is -0.354. The summed E-state index contributed by atoms with van der Waals surface area (Å²) in [4.78, 5) is 30.0. The zero-order valence-electron chi connectivity index (χ0n) is 15.7. The Morgan fingerprint density at radius 2 is 1.77 bits per heavy atom. The summed E-state index contributed by atoms with van der Waals surface area (Å²) < 4.78 is 1.50. The van der Waals surface area contributed by atoms with Gasteiger partial charge in [0.15, 0.2) is 0 Å². The number of amides is 2. The zero-order valence-corrected chi connectivity index (χ0v) is 17.3. The number of benzene rings is 2. The van der Waals surface area contributed by atoms with E-state index >= 15 is 0 Å². The molecule has 0 saturated carbocycles. The van der Waals surface area contributed by atoms with Gasteiger partial charge in [0.2, 0.25) is 0 Å². The Kier molecular flexibility index (Phi) is 6.02. The molecule has 6 nitrogen and oxygen atoms in total. The van der Waals surface area contributed by atoms with Gasteiger partial charge in [0.25, 0.3) is 5.56 Å². The molecule has 0 fully saturated rings. The molecule has 30 heavy (non-hydrogen) atoms. The van der Waals surface area contributed by atoms with E-state index in [1.54, 1.807) is 42.6 Å². The van der Waals surface area contributed by atoms with Gasteiger partial charge in [-0.05, 0) is 48.5 Å². The molecule has 0 aliphatic heterocycles. The van der Waals surface area contributed by atoms with Crippen LogP contribution in [0.4, 0.5) is 16.2 Å². The third-order valence-corrected chi connectivity index (χ3v) is 5.60. The molecule has 2 aromatic heterocycles. The zero-order chi connectivity index (χ0) is 20.9. The van der Waals surface area contributed by atoms with E-state index in [0.29, 0.717) is 33.5 Å². The van der Waals surface area contributed by atoms with Gasteiger partial charge in [0.05, 0.1) is 11.4 Å². The predicted molar refractivity (Wildman–Crippen MR) is 122 cm³/mol. The Balaban J connectivity index is 1.46. The van der Waals surface area contributed by atoms with E-state index in [-0.39, 0.29) is 11.6 Å². The first-order valence-electron chi connectivity index (χ1n) is 9.11. The van der Waals surface area contributed by atoms with Crippen LogP contribution in [0, 0.1) is 0 Å². The van der Waals surface area contributed by atoms with Crippen molar-refractivity contribution < 1.29 is 4.79 Å². The SMILES string of the molecule is O=C(Nc1ccc(Cl)cc1)Nc1ccccc1SCc1cc(=O)n2ccccc2n1. The van der Waals surface area contributed by atoms with Gasteiger partial charge in [-0.3, -0.25) is 9.20 Å². The van der Waals surface area contributed by atoms with Crippen LogP contribution in [-0.4, -0.2) is 15.4 Å². The van der Waals surface area contributed by atoms with Crippen LogP contribution in [0.3, 0.4) is 0 Å². The first-order chi connectivity index (χ1) is 14.6. The maximum Gasteiger partial charge on any atom is 0.323 e. The Morgan fingerprint density at radius 1 is 1.00 bits per heavy atom. The number of carbonyl (C=O) groups excluding carboxylic acids is 1. The topological polar surface area (TPSA) is 75.5 Å². The normalized spacial score (nSPS) is 10.7. The third kappa shape index (κ3) is 4.82. The molecule has 0 atom stereocenters. The standard InChI is InChI=1S/C22H17ClN4O2S/c23-15-8-10-16(11-9-15)25-22(29)26-18-5-1-2-6-19(18)30-14-17-13-21(28)27-12-4-3-7-20(27)24-17/h1-13H,14H2,(H2,25,26,29). The minimum Gasteiger partial charge on any atom is -0.308 e. The fraction of sp³-hybridized carbons (Fsp3) is 0.0455. The Bertz CT molecular complexity index is 1260. The number of hydrogen-bond donors (Lipinski definition) is 2. The molecule has 0 saturated heterocycles. The Labute approximate surface area is 181 Å². The highest BCUT2D eigenvalue weighted by Gasteiger charge is 2.09. The quantitative estimate of drug-likeness (QED) is 0.417. The molecular formula is C22H17ClN4O2S.